The molecule has 0 N–H and O–H groups in total. The molecule has 0 saturated carbocycles. The molecule has 0 bridgehead atoms. The Morgan fingerprint density at radius 1 is 0.436 bits per heavy atom. The number of rotatable bonds is 3. The normalized spacial score (nSPS) is 11.7. The van der Waals surface area contributed by atoms with Gasteiger partial charge in [0.2, 0.25) is 0 Å². The maximum Gasteiger partial charge on any atom is 0.164 e. The van der Waals surface area contributed by atoms with Crippen LogP contribution < -0.4 is 0 Å². The smallest absolute Gasteiger partial charge is 0.164 e. The Morgan fingerprint density at radius 3 is 1.77 bits per heavy atom. The van der Waals surface area contributed by atoms with E-state index in [2.05, 4.69) is 12.1 Å². The number of furan rings is 2. The summed E-state index contributed by atoms with van der Waals surface area (Å²) in [6, 6.07) is 35.7. The molecule has 0 unspecified atom stereocenters. The van der Waals surface area contributed by atoms with E-state index in [1.54, 1.807) is 0 Å². The maximum absolute atomic E-state index is 6.48. The lowest BCUT2D eigenvalue weighted by atomic mass is 10.1. The van der Waals surface area contributed by atoms with Gasteiger partial charge in [-0.15, -0.1) is 0 Å². The second-order valence-electron chi connectivity index (χ2n) is 9.41. The molecule has 3 heterocycles. The second-order valence-corrected chi connectivity index (χ2v) is 9.81. The third-order valence-corrected chi connectivity index (χ3v) is 7.32. The molecule has 5 nitrogen and oxygen atoms in total. The Hall–Kier alpha value is -5.00. The number of para-hydroxylation sites is 1. The van der Waals surface area contributed by atoms with E-state index in [4.69, 9.17) is 35.4 Å². The average Bonchev–Trinajstić information content (AvgIpc) is 3.55. The Labute approximate surface area is 227 Å². The molecular formula is C33H18ClN3O2. The van der Waals surface area contributed by atoms with E-state index in [1.165, 1.54) is 0 Å². The van der Waals surface area contributed by atoms with Gasteiger partial charge in [0.15, 0.2) is 17.5 Å². The molecular weight excluding hydrogens is 506 g/mol. The minimum Gasteiger partial charge on any atom is -0.456 e. The predicted molar refractivity (Wildman–Crippen MR) is 156 cm³/mol. The topological polar surface area (TPSA) is 65.0 Å². The molecule has 0 aliphatic heterocycles. The van der Waals surface area contributed by atoms with Gasteiger partial charge in [0.25, 0.3) is 0 Å². The third kappa shape index (κ3) is 3.59. The highest BCUT2D eigenvalue weighted by atomic mass is 35.5. The van der Waals surface area contributed by atoms with E-state index in [0.29, 0.717) is 22.5 Å². The fraction of sp³-hybridized carbons (Fsp3) is 0. The van der Waals surface area contributed by atoms with Gasteiger partial charge in [-0.2, -0.15) is 0 Å². The highest BCUT2D eigenvalue weighted by Crippen LogP contribution is 2.36. The van der Waals surface area contributed by atoms with Crippen LogP contribution in [-0.2, 0) is 0 Å². The van der Waals surface area contributed by atoms with Crippen molar-refractivity contribution in [2.45, 2.75) is 0 Å². The molecule has 0 spiro atoms. The molecule has 0 aliphatic carbocycles. The summed E-state index contributed by atoms with van der Waals surface area (Å²) in [5, 5.41) is 4.66. The van der Waals surface area contributed by atoms with Crippen LogP contribution in [0.25, 0.3) is 78.0 Å². The lowest BCUT2D eigenvalue weighted by molar-refractivity contribution is 0.668. The molecule has 6 heteroatoms. The molecule has 0 atom stereocenters. The van der Waals surface area contributed by atoms with Crippen LogP contribution in [0.4, 0.5) is 0 Å². The van der Waals surface area contributed by atoms with E-state index in [9.17, 15) is 0 Å². The number of benzene rings is 5. The molecule has 8 rings (SSSR count). The summed E-state index contributed by atoms with van der Waals surface area (Å²) in [7, 11) is 0. The highest BCUT2D eigenvalue weighted by molar-refractivity contribution is 6.37. The van der Waals surface area contributed by atoms with Crippen molar-refractivity contribution in [3.63, 3.8) is 0 Å². The Balaban J connectivity index is 1.33. The van der Waals surface area contributed by atoms with Crippen molar-refractivity contribution >= 4 is 55.5 Å². The highest BCUT2D eigenvalue weighted by Gasteiger charge is 2.16. The number of hydrogen-bond acceptors (Lipinski definition) is 5. The van der Waals surface area contributed by atoms with Crippen LogP contribution >= 0.6 is 11.6 Å². The van der Waals surface area contributed by atoms with E-state index in [-0.39, 0.29) is 0 Å². The van der Waals surface area contributed by atoms with Crippen LogP contribution in [0.1, 0.15) is 0 Å². The molecule has 0 fully saturated rings. The lowest BCUT2D eigenvalue weighted by Crippen LogP contribution is -2.00. The van der Waals surface area contributed by atoms with Crippen LogP contribution in [0, 0.1) is 0 Å². The molecule has 0 aliphatic rings. The molecule has 3 aromatic heterocycles. The standard InChI is InChI=1S/C33H18ClN3O2/c34-25-10-6-12-27-30(25)24-16-14-21(18-29(24)39-27)33-36-31(19-7-2-1-3-8-19)35-32(37-33)20-13-15-23-22-9-4-5-11-26(22)38-28(23)17-20/h1-18H. The first-order valence-electron chi connectivity index (χ1n) is 12.6. The van der Waals surface area contributed by atoms with Crippen LogP contribution in [0.5, 0.6) is 0 Å². The van der Waals surface area contributed by atoms with Gasteiger partial charge < -0.3 is 8.83 Å². The average molecular weight is 524 g/mol. The van der Waals surface area contributed by atoms with Gasteiger partial charge in [-0.1, -0.05) is 78.3 Å². The van der Waals surface area contributed by atoms with Crippen LogP contribution in [0.3, 0.4) is 0 Å². The number of hydrogen-bond donors (Lipinski definition) is 0. The summed E-state index contributed by atoms with van der Waals surface area (Å²) in [5.74, 6) is 1.71. The van der Waals surface area contributed by atoms with E-state index in [1.807, 2.05) is 97.1 Å². The van der Waals surface area contributed by atoms with E-state index in [0.717, 1.165) is 60.6 Å². The van der Waals surface area contributed by atoms with E-state index >= 15 is 0 Å². The van der Waals surface area contributed by atoms with Gasteiger partial charge in [-0.25, -0.2) is 15.0 Å². The number of aromatic nitrogens is 3. The fourth-order valence-electron chi connectivity index (χ4n) is 5.14. The van der Waals surface area contributed by atoms with Crippen LogP contribution in [0.2, 0.25) is 5.02 Å². The van der Waals surface area contributed by atoms with Crippen molar-refractivity contribution in [1.29, 1.82) is 0 Å². The fourth-order valence-corrected chi connectivity index (χ4v) is 5.40. The largest absolute Gasteiger partial charge is 0.456 e. The Kier molecular flexibility index (Phi) is 4.81. The SMILES string of the molecule is Clc1cccc2oc3cc(-c4nc(-c5ccccc5)nc(-c5ccc6c(c5)oc5ccccc56)n4)ccc3c12. The van der Waals surface area contributed by atoms with Gasteiger partial charge in [-0.3, -0.25) is 0 Å². The number of fused-ring (bicyclic) bond motifs is 6. The van der Waals surface area contributed by atoms with E-state index < -0.39 is 0 Å². The van der Waals surface area contributed by atoms with Gasteiger partial charge in [0.1, 0.15) is 22.3 Å². The molecule has 0 saturated heterocycles. The van der Waals surface area contributed by atoms with Gasteiger partial charge in [0, 0.05) is 38.2 Å². The zero-order valence-corrected chi connectivity index (χ0v) is 21.2. The number of nitrogens with zero attached hydrogens (tertiary/aromatic N) is 3. The Morgan fingerprint density at radius 2 is 1.00 bits per heavy atom. The van der Waals surface area contributed by atoms with Crippen LogP contribution in [0.15, 0.2) is 118 Å². The molecule has 0 amide bonds. The summed E-state index contributed by atoms with van der Waals surface area (Å²) < 4.78 is 12.3. The zero-order valence-electron chi connectivity index (χ0n) is 20.4. The summed E-state index contributed by atoms with van der Waals surface area (Å²) in [6.07, 6.45) is 0. The summed E-state index contributed by atoms with van der Waals surface area (Å²) in [4.78, 5) is 14.6. The van der Waals surface area contributed by atoms with Gasteiger partial charge in [0.05, 0.1) is 5.02 Å². The van der Waals surface area contributed by atoms with Gasteiger partial charge >= 0.3 is 0 Å². The molecule has 0 radical (unpaired) electrons. The van der Waals surface area contributed by atoms with Crippen molar-refractivity contribution in [3.8, 4) is 34.2 Å². The van der Waals surface area contributed by atoms with Crippen molar-refractivity contribution in [1.82, 2.24) is 15.0 Å². The monoisotopic (exact) mass is 523 g/mol. The first-order chi connectivity index (χ1) is 19.2. The molecule has 8 aromatic rings. The first-order valence-corrected chi connectivity index (χ1v) is 12.9. The summed E-state index contributed by atoms with van der Waals surface area (Å²) in [5.41, 5.74) is 5.69. The maximum atomic E-state index is 6.48. The van der Waals surface area contributed by atoms with Crippen molar-refractivity contribution in [2.24, 2.45) is 0 Å². The predicted octanol–water partition coefficient (Wildman–Crippen LogP) is 9.32. The molecule has 184 valence electrons. The zero-order chi connectivity index (χ0) is 25.9. The van der Waals surface area contributed by atoms with Gasteiger partial charge in [-0.05, 0) is 42.5 Å². The Bertz CT molecular complexity index is 2200. The van der Waals surface area contributed by atoms with Crippen molar-refractivity contribution in [3.05, 3.63) is 114 Å². The third-order valence-electron chi connectivity index (χ3n) is 7.01. The molecule has 39 heavy (non-hydrogen) atoms. The summed E-state index contributed by atoms with van der Waals surface area (Å²) in [6.45, 7) is 0. The van der Waals surface area contributed by atoms with Crippen molar-refractivity contribution in [2.75, 3.05) is 0 Å². The lowest BCUT2D eigenvalue weighted by Gasteiger charge is -2.08. The second kappa shape index (κ2) is 8.51. The van der Waals surface area contributed by atoms with Crippen molar-refractivity contribution < 1.29 is 8.83 Å². The molecule has 5 aromatic carbocycles. The minimum absolute atomic E-state index is 0.553. The number of halogens is 1. The minimum atomic E-state index is 0.553. The first kappa shape index (κ1) is 22.0. The van der Waals surface area contributed by atoms with Crippen LogP contribution in [-0.4, -0.2) is 15.0 Å². The quantitative estimate of drug-likeness (QED) is 0.231. The summed E-state index contributed by atoms with van der Waals surface area (Å²) >= 11 is 6.48.